The quantitative estimate of drug-likeness (QED) is 0.662. The summed E-state index contributed by atoms with van der Waals surface area (Å²) in [5.41, 5.74) is 1.25. The van der Waals surface area contributed by atoms with Crippen LogP contribution in [0.15, 0.2) is 30.3 Å². The standard InChI is InChI=1S/C16H17FN2O3/c1-11(12-3-2-4-13(17)10-12)9-14(20)18-7-8-19-15(21)5-6-16(19)22/h2-4,9-10H,5-8H2,1H3,(H,18,20)/b11-9-. The van der Waals surface area contributed by atoms with Gasteiger partial charge in [0.2, 0.25) is 17.7 Å². The molecule has 116 valence electrons. The SMILES string of the molecule is C/C(=C/C(=O)NCCN1C(=O)CCC1=O)c1cccc(F)c1. The molecule has 1 aliphatic rings. The third-order valence-electron chi connectivity index (χ3n) is 3.42. The van der Waals surface area contributed by atoms with Crippen molar-refractivity contribution in [2.45, 2.75) is 19.8 Å². The van der Waals surface area contributed by atoms with Crippen molar-refractivity contribution in [1.29, 1.82) is 0 Å². The molecule has 0 unspecified atom stereocenters. The van der Waals surface area contributed by atoms with Gasteiger partial charge in [-0.1, -0.05) is 12.1 Å². The Morgan fingerprint density at radius 2 is 2.00 bits per heavy atom. The minimum atomic E-state index is -0.364. The Kier molecular flexibility index (Phi) is 5.04. The molecule has 0 bridgehead atoms. The van der Waals surface area contributed by atoms with E-state index in [2.05, 4.69) is 5.32 Å². The van der Waals surface area contributed by atoms with Gasteiger partial charge in [0.25, 0.3) is 0 Å². The number of nitrogens with zero attached hydrogens (tertiary/aromatic N) is 1. The molecular weight excluding hydrogens is 287 g/mol. The van der Waals surface area contributed by atoms with Crippen molar-refractivity contribution < 1.29 is 18.8 Å². The molecule has 0 atom stereocenters. The Bertz CT molecular complexity index is 624. The van der Waals surface area contributed by atoms with E-state index >= 15 is 0 Å². The maximum Gasteiger partial charge on any atom is 0.244 e. The van der Waals surface area contributed by atoms with Crippen LogP contribution in [0.4, 0.5) is 4.39 Å². The summed E-state index contributed by atoms with van der Waals surface area (Å²) < 4.78 is 13.1. The Morgan fingerprint density at radius 3 is 2.64 bits per heavy atom. The molecule has 5 nitrogen and oxygen atoms in total. The first-order valence-electron chi connectivity index (χ1n) is 7.02. The number of hydrogen-bond acceptors (Lipinski definition) is 3. The van der Waals surface area contributed by atoms with Crippen LogP contribution in [0, 0.1) is 5.82 Å². The van der Waals surface area contributed by atoms with Crippen LogP contribution in [0.3, 0.4) is 0 Å². The van der Waals surface area contributed by atoms with Gasteiger partial charge < -0.3 is 5.32 Å². The van der Waals surface area contributed by atoms with E-state index < -0.39 is 0 Å². The van der Waals surface area contributed by atoms with Crippen LogP contribution in [0.1, 0.15) is 25.3 Å². The molecule has 0 radical (unpaired) electrons. The molecule has 1 N–H and O–H groups in total. The summed E-state index contributed by atoms with van der Waals surface area (Å²) in [6, 6.07) is 5.97. The normalized spacial score (nSPS) is 15.4. The number of halogens is 1. The number of likely N-dealkylation sites (tertiary alicyclic amines) is 1. The molecule has 22 heavy (non-hydrogen) atoms. The van der Waals surface area contributed by atoms with Crippen LogP contribution >= 0.6 is 0 Å². The Labute approximate surface area is 127 Å². The molecular formula is C16H17FN2O3. The van der Waals surface area contributed by atoms with Crippen LogP contribution in [0.5, 0.6) is 0 Å². The highest BCUT2D eigenvalue weighted by atomic mass is 19.1. The van der Waals surface area contributed by atoms with Crippen molar-refractivity contribution in [2.75, 3.05) is 13.1 Å². The van der Waals surface area contributed by atoms with Gasteiger partial charge >= 0.3 is 0 Å². The minimum Gasteiger partial charge on any atom is -0.351 e. The van der Waals surface area contributed by atoms with Gasteiger partial charge in [0, 0.05) is 32.0 Å². The molecule has 1 saturated heterocycles. The van der Waals surface area contributed by atoms with E-state index in [-0.39, 0.29) is 49.5 Å². The Morgan fingerprint density at radius 1 is 1.32 bits per heavy atom. The molecule has 0 spiro atoms. The maximum absolute atomic E-state index is 13.1. The fourth-order valence-corrected chi connectivity index (χ4v) is 2.23. The molecule has 1 fully saturated rings. The van der Waals surface area contributed by atoms with Gasteiger partial charge in [-0.25, -0.2) is 4.39 Å². The highest BCUT2D eigenvalue weighted by Crippen LogP contribution is 2.14. The zero-order valence-corrected chi connectivity index (χ0v) is 12.3. The molecule has 1 aromatic rings. The summed E-state index contributed by atoms with van der Waals surface area (Å²) in [7, 11) is 0. The van der Waals surface area contributed by atoms with Gasteiger partial charge in [-0.2, -0.15) is 0 Å². The minimum absolute atomic E-state index is 0.177. The van der Waals surface area contributed by atoms with E-state index in [4.69, 9.17) is 0 Å². The Hall–Kier alpha value is -2.50. The summed E-state index contributed by atoms with van der Waals surface area (Å²) in [6.45, 7) is 2.08. The van der Waals surface area contributed by atoms with Gasteiger partial charge in [0.15, 0.2) is 0 Å². The third kappa shape index (κ3) is 4.00. The number of carbonyl (C=O) groups is 3. The number of imide groups is 1. The van der Waals surface area contributed by atoms with Crippen LogP contribution in [-0.4, -0.2) is 35.7 Å². The predicted molar refractivity (Wildman–Crippen MR) is 79.0 cm³/mol. The topological polar surface area (TPSA) is 66.5 Å². The zero-order valence-electron chi connectivity index (χ0n) is 12.3. The first kappa shape index (κ1) is 15.9. The number of rotatable bonds is 5. The number of benzene rings is 1. The molecule has 1 heterocycles. The van der Waals surface area contributed by atoms with Crippen molar-refractivity contribution in [1.82, 2.24) is 10.2 Å². The molecule has 6 heteroatoms. The maximum atomic E-state index is 13.1. The summed E-state index contributed by atoms with van der Waals surface area (Å²) >= 11 is 0. The van der Waals surface area contributed by atoms with E-state index in [1.165, 1.54) is 18.2 Å². The van der Waals surface area contributed by atoms with Crippen LogP contribution in [0.2, 0.25) is 0 Å². The van der Waals surface area contributed by atoms with Crippen molar-refractivity contribution in [3.05, 3.63) is 41.7 Å². The van der Waals surface area contributed by atoms with E-state index in [0.717, 1.165) is 4.90 Å². The van der Waals surface area contributed by atoms with Crippen LogP contribution < -0.4 is 5.32 Å². The molecule has 2 rings (SSSR count). The fraction of sp³-hybridized carbons (Fsp3) is 0.312. The second kappa shape index (κ2) is 6.98. The number of allylic oxidation sites excluding steroid dienone is 1. The van der Waals surface area contributed by atoms with E-state index in [9.17, 15) is 18.8 Å². The zero-order chi connectivity index (χ0) is 16.1. The summed E-state index contributed by atoms with van der Waals surface area (Å²) in [6.07, 6.45) is 1.85. The van der Waals surface area contributed by atoms with Crippen molar-refractivity contribution in [2.24, 2.45) is 0 Å². The smallest absolute Gasteiger partial charge is 0.244 e. The second-order valence-electron chi connectivity index (χ2n) is 5.07. The predicted octanol–water partition coefficient (Wildman–Crippen LogP) is 1.49. The van der Waals surface area contributed by atoms with E-state index in [0.29, 0.717) is 11.1 Å². The molecule has 3 amide bonds. The lowest BCUT2D eigenvalue weighted by Gasteiger charge is -2.13. The summed E-state index contributed by atoms with van der Waals surface area (Å²) in [5, 5.41) is 2.61. The van der Waals surface area contributed by atoms with Gasteiger partial charge in [-0.05, 0) is 30.2 Å². The highest BCUT2D eigenvalue weighted by molar-refractivity contribution is 6.02. The lowest BCUT2D eigenvalue weighted by molar-refractivity contribution is -0.138. The van der Waals surface area contributed by atoms with Gasteiger partial charge in [0.05, 0.1) is 0 Å². The molecule has 1 aliphatic heterocycles. The number of hydrogen-bond donors (Lipinski definition) is 1. The number of nitrogens with one attached hydrogen (secondary N) is 1. The van der Waals surface area contributed by atoms with E-state index in [1.807, 2.05) is 0 Å². The lowest BCUT2D eigenvalue weighted by Crippen LogP contribution is -2.37. The van der Waals surface area contributed by atoms with E-state index in [1.54, 1.807) is 19.1 Å². The monoisotopic (exact) mass is 304 g/mol. The lowest BCUT2D eigenvalue weighted by atomic mass is 10.1. The van der Waals surface area contributed by atoms with Crippen LogP contribution in [-0.2, 0) is 14.4 Å². The average Bonchev–Trinajstić information content (AvgIpc) is 2.79. The first-order valence-corrected chi connectivity index (χ1v) is 7.02. The van der Waals surface area contributed by atoms with Crippen molar-refractivity contribution >= 4 is 23.3 Å². The number of carbonyl (C=O) groups excluding carboxylic acids is 3. The molecule has 1 aromatic carbocycles. The molecule has 0 aliphatic carbocycles. The van der Waals surface area contributed by atoms with Crippen molar-refractivity contribution in [3.63, 3.8) is 0 Å². The third-order valence-corrected chi connectivity index (χ3v) is 3.42. The summed E-state index contributed by atoms with van der Waals surface area (Å²) in [4.78, 5) is 35.7. The highest BCUT2D eigenvalue weighted by Gasteiger charge is 2.28. The van der Waals surface area contributed by atoms with Gasteiger partial charge in [0.1, 0.15) is 5.82 Å². The largest absolute Gasteiger partial charge is 0.351 e. The molecule has 0 saturated carbocycles. The fourth-order valence-electron chi connectivity index (χ4n) is 2.23. The summed E-state index contributed by atoms with van der Waals surface area (Å²) in [5.74, 6) is -1.12. The first-order chi connectivity index (χ1) is 10.5. The van der Waals surface area contributed by atoms with Crippen LogP contribution in [0.25, 0.3) is 5.57 Å². The Balaban J connectivity index is 1.86. The van der Waals surface area contributed by atoms with Gasteiger partial charge in [-0.15, -0.1) is 0 Å². The average molecular weight is 304 g/mol. The van der Waals surface area contributed by atoms with Gasteiger partial charge in [-0.3, -0.25) is 19.3 Å². The molecule has 0 aromatic heterocycles. The number of amides is 3. The second-order valence-corrected chi connectivity index (χ2v) is 5.07. The van der Waals surface area contributed by atoms with Crippen molar-refractivity contribution in [3.8, 4) is 0 Å².